The standard InChI is InChI=1S/C13H20N2O2S/c1-16-11-4-3-9(7-12(11)17-2)13(15-14)10-5-6-18-8-10/h3-4,7,10,13,15H,5-6,8,14H2,1-2H3. The molecule has 1 heterocycles. The van der Waals surface area contributed by atoms with Gasteiger partial charge in [-0.2, -0.15) is 11.8 Å². The molecule has 18 heavy (non-hydrogen) atoms. The lowest BCUT2D eigenvalue weighted by Gasteiger charge is -2.23. The average molecular weight is 268 g/mol. The minimum absolute atomic E-state index is 0.180. The van der Waals surface area contributed by atoms with Crippen molar-refractivity contribution in [3.05, 3.63) is 23.8 Å². The highest BCUT2D eigenvalue weighted by molar-refractivity contribution is 7.99. The highest BCUT2D eigenvalue weighted by Crippen LogP contribution is 2.37. The zero-order valence-electron chi connectivity index (χ0n) is 10.8. The normalized spacial score (nSPS) is 20.7. The van der Waals surface area contributed by atoms with Crippen molar-refractivity contribution in [3.8, 4) is 11.5 Å². The molecule has 0 bridgehead atoms. The van der Waals surface area contributed by atoms with Crippen molar-refractivity contribution >= 4 is 11.8 Å². The van der Waals surface area contributed by atoms with Crippen LogP contribution in [0.3, 0.4) is 0 Å². The molecule has 2 atom stereocenters. The largest absolute Gasteiger partial charge is 0.493 e. The third-order valence-corrected chi connectivity index (χ3v) is 4.57. The van der Waals surface area contributed by atoms with Gasteiger partial charge in [-0.1, -0.05) is 6.07 Å². The van der Waals surface area contributed by atoms with Crippen molar-refractivity contribution in [2.75, 3.05) is 25.7 Å². The van der Waals surface area contributed by atoms with Gasteiger partial charge >= 0.3 is 0 Å². The van der Waals surface area contributed by atoms with E-state index in [1.165, 1.54) is 12.2 Å². The molecule has 0 spiro atoms. The number of hydrogen-bond donors (Lipinski definition) is 2. The van der Waals surface area contributed by atoms with Gasteiger partial charge in [0.15, 0.2) is 11.5 Å². The van der Waals surface area contributed by atoms with Crippen molar-refractivity contribution in [2.24, 2.45) is 11.8 Å². The van der Waals surface area contributed by atoms with Gasteiger partial charge < -0.3 is 9.47 Å². The monoisotopic (exact) mass is 268 g/mol. The molecule has 0 amide bonds. The van der Waals surface area contributed by atoms with Gasteiger partial charge in [-0.25, -0.2) is 0 Å². The van der Waals surface area contributed by atoms with Crippen molar-refractivity contribution in [3.63, 3.8) is 0 Å². The number of thioether (sulfide) groups is 1. The summed E-state index contributed by atoms with van der Waals surface area (Å²) >= 11 is 1.99. The third kappa shape index (κ3) is 2.74. The summed E-state index contributed by atoms with van der Waals surface area (Å²) in [4.78, 5) is 0. The Morgan fingerprint density at radius 1 is 1.33 bits per heavy atom. The number of nitrogens with two attached hydrogens (primary N) is 1. The van der Waals surface area contributed by atoms with E-state index in [9.17, 15) is 0 Å². The molecule has 5 heteroatoms. The second-order valence-corrected chi connectivity index (χ2v) is 5.53. The number of benzene rings is 1. The fourth-order valence-corrected chi connectivity index (χ4v) is 3.66. The summed E-state index contributed by atoms with van der Waals surface area (Å²) in [6.45, 7) is 0. The molecular weight excluding hydrogens is 248 g/mol. The fourth-order valence-electron chi connectivity index (χ4n) is 2.37. The summed E-state index contributed by atoms with van der Waals surface area (Å²) in [5, 5.41) is 0. The average Bonchev–Trinajstić information content (AvgIpc) is 2.93. The number of hydrazine groups is 1. The van der Waals surface area contributed by atoms with Gasteiger partial charge in [-0.3, -0.25) is 11.3 Å². The van der Waals surface area contributed by atoms with Crippen LogP contribution in [0.1, 0.15) is 18.0 Å². The van der Waals surface area contributed by atoms with Crippen LogP contribution in [0, 0.1) is 5.92 Å². The number of ether oxygens (including phenoxy) is 2. The van der Waals surface area contributed by atoms with Crippen LogP contribution in [0.25, 0.3) is 0 Å². The summed E-state index contributed by atoms with van der Waals surface area (Å²) in [7, 11) is 3.29. The summed E-state index contributed by atoms with van der Waals surface area (Å²) < 4.78 is 10.6. The molecule has 2 rings (SSSR count). The molecule has 0 aliphatic carbocycles. The Labute approximate surface area is 112 Å². The van der Waals surface area contributed by atoms with Gasteiger partial charge in [0.2, 0.25) is 0 Å². The van der Waals surface area contributed by atoms with Gasteiger partial charge in [0.05, 0.1) is 14.2 Å². The maximum Gasteiger partial charge on any atom is 0.161 e. The van der Waals surface area contributed by atoms with Crippen LogP contribution < -0.4 is 20.7 Å². The maximum atomic E-state index is 5.72. The molecule has 0 aromatic heterocycles. The zero-order chi connectivity index (χ0) is 13.0. The smallest absolute Gasteiger partial charge is 0.161 e. The molecule has 1 fully saturated rings. The molecule has 0 saturated carbocycles. The highest BCUT2D eigenvalue weighted by atomic mass is 32.2. The SMILES string of the molecule is COc1ccc(C(NN)C2CCSC2)cc1OC. The topological polar surface area (TPSA) is 56.5 Å². The quantitative estimate of drug-likeness (QED) is 0.631. The number of rotatable bonds is 5. The number of hydrogen-bond acceptors (Lipinski definition) is 5. The summed E-state index contributed by atoms with van der Waals surface area (Å²) in [5.41, 5.74) is 4.09. The molecule has 1 aliphatic heterocycles. The lowest BCUT2D eigenvalue weighted by atomic mass is 9.93. The number of methoxy groups -OCH3 is 2. The minimum atomic E-state index is 0.180. The Morgan fingerprint density at radius 2 is 2.11 bits per heavy atom. The molecule has 3 N–H and O–H groups in total. The van der Waals surface area contributed by atoms with E-state index in [-0.39, 0.29) is 6.04 Å². The van der Waals surface area contributed by atoms with Gasteiger partial charge in [0, 0.05) is 6.04 Å². The van der Waals surface area contributed by atoms with Gasteiger partial charge in [-0.15, -0.1) is 0 Å². The van der Waals surface area contributed by atoms with Crippen LogP contribution >= 0.6 is 11.8 Å². The van der Waals surface area contributed by atoms with Crippen molar-refractivity contribution in [1.29, 1.82) is 0 Å². The van der Waals surface area contributed by atoms with E-state index in [4.69, 9.17) is 15.3 Å². The van der Waals surface area contributed by atoms with Crippen LogP contribution in [0.4, 0.5) is 0 Å². The molecule has 1 saturated heterocycles. The number of nitrogens with one attached hydrogen (secondary N) is 1. The Balaban J connectivity index is 2.24. The van der Waals surface area contributed by atoms with Gasteiger partial charge in [0.1, 0.15) is 0 Å². The molecule has 2 unspecified atom stereocenters. The van der Waals surface area contributed by atoms with Gasteiger partial charge in [-0.05, 0) is 41.5 Å². The first-order valence-electron chi connectivity index (χ1n) is 6.06. The van der Waals surface area contributed by atoms with Crippen molar-refractivity contribution in [2.45, 2.75) is 12.5 Å². The molecule has 1 aromatic carbocycles. The third-order valence-electron chi connectivity index (χ3n) is 3.38. The Hall–Kier alpha value is -0.910. The van der Waals surface area contributed by atoms with E-state index >= 15 is 0 Å². The van der Waals surface area contributed by atoms with Crippen molar-refractivity contribution in [1.82, 2.24) is 5.43 Å². The summed E-state index contributed by atoms with van der Waals surface area (Å²) in [5.74, 6) is 10.2. The lowest BCUT2D eigenvalue weighted by Crippen LogP contribution is -2.33. The van der Waals surface area contributed by atoms with E-state index < -0.39 is 0 Å². The Morgan fingerprint density at radius 3 is 2.67 bits per heavy atom. The predicted octanol–water partition coefficient (Wildman–Crippen LogP) is 1.96. The molecule has 100 valence electrons. The fraction of sp³-hybridized carbons (Fsp3) is 0.538. The van der Waals surface area contributed by atoms with Crippen molar-refractivity contribution < 1.29 is 9.47 Å². The Kier molecular flexibility index (Phi) is 4.74. The van der Waals surface area contributed by atoms with E-state index in [1.54, 1.807) is 14.2 Å². The van der Waals surface area contributed by atoms with E-state index in [1.807, 2.05) is 23.9 Å². The van der Waals surface area contributed by atoms with E-state index in [2.05, 4.69) is 11.5 Å². The van der Waals surface area contributed by atoms with Crippen LogP contribution in [-0.4, -0.2) is 25.7 Å². The molecule has 1 aromatic rings. The first-order valence-corrected chi connectivity index (χ1v) is 7.21. The molecular formula is C13H20N2O2S. The highest BCUT2D eigenvalue weighted by Gasteiger charge is 2.26. The van der Waals surface area contributed by atoms with E-state index in [0.29, 0.717) is 5.92 Å². The lowest BCUT2D eigenvalue weighted by molar-refractivity contribution is 0.351. The van der Waals surface area contributed by atoms with E-state index in [0.717, 1.165) is 22.8 Å². The second-order valence-electron chi connectivity index (χ2n) is 4.38. The second kappa shape index (κ2) is 6.31. The minimum Gasteiger partial charge on any atom is -0.493 e. The van der Waals surface area contributed by atoms with Gasteiger partial charge in [0.25, 0.3) is 0 Å². The van der Waals surface area contributed by atoms with Crippen LogP contribution in [0.5, 0.6) is 11.5 Å². The molecule has 1 aliphatic rings. The van der Waals surface area contributed by atoms with Crippen LogP contribution in [0.15, 0.2) is 18.2 Å². The first kappa shape index (κ1) is 13.5. The zero-order valence-corrected chi connectivity index (χ0v) is 11.6. The first-order chi connectivity index (χ1) is 8.80. The maximum absolute atomic E-state index is 5.72. The predicted molar refractivity (Wildman–Crippen MR) is 75.0 cm³/mol. The van der Waals surface area contributed by atoms with Crippen LogP contribution in [0.2, 0.25) is 0 Å². The molecule has 0 radical (unpaired) electrons. The summed E-state index contributed by atoms with van der Waals surface area (Å²) in [6.07, 6.45) is 1.20. The molecule has 4 nitrogen and oxygen atoms in total. The van der Waals surface area contributed by atoms with Crippen LogP contribution in [-0.2, 0) is 0 Å². The Bertz CT molecular complexity index is 395. The summed E-state index contributed by atoms with van der Waals surface area (Å²) in [6, 6.07) is 6.17.